The van der Waals surface area contributed by atoms with Crippen molar-refractivity contribution in [2.75, 3.05) is 0 Å². The summed E-state index contributed by atoms with van der Waals surface area (Å²) in [5.74, 6) is 0.0329. The molecule has 1 N–H and O–H groups in total. The maximum absolute atomic E-state index is 12.9. The van der Waals surface area contributed by atoms with Crippen LogP contribution >= 0.6 is 0 Å². The van der Waals surface area contributed by atoms with E-state index in [9.17, 15) is 14.7 Å². The molecule has 0 spiro atoms. The number of hydrogen-bond acceptors (Lipinski definition) is 5. The third-order valence-corrected chi connectivity index (χ3v) is 6.66. The van der Waals surface area contributed by atoms with Gasteiger partial charge in [-0.2, -0.15) is 0 Å². The Balaban J connectivity index is 2.16. The van der Waals surface area contributed by atoms with E-state index in [1.807, 2.05) is 27.7 Å². The van der Waals surface area contributed by atoms with Crippen LogP contribution in [0, 0.1) is 11.8 Å². The molecule has 1 aliphatic carbocycles. The van der Waals surface area contributed by atoms with Gasteiger partial charge in [0.15, 0.2) is 5.78 Å². The minimum atomic E-state index is -0.951. The average molecular weight is 376 g/mol. The smallest absolute Gasteiger partial charge is 0.303 e. The summed E-state index contributed by atoms with van der Waals surface area (Å²) in [5.41, 5.74) is 0.106. The Bertz CT molecular complexity index is 703. The minimum absolute atomic E-state index is 0.0267. The van der Waals surface area contributed by atoms with E-state index in [-0.39, 0.29) is 23.6 Å². The molecule has 0 amide bonds. The average Bonchev–Trinajstić information content (AvgIpc) is 2.67. The fourth-order valence-electron chi connectivity index (χ4n) is 4.75. The molecule has 0 radical (unpaired) electrons. The summed E-state index contributed by atoms with van der Waals surface area (Å²) in [7, 11) is 0. The van der Waals surface area contributed by atoms with Crippen molar-refractivity contribution in [3.63, 3.8) is 0 Å². The molecule has 4 atom stereocenters. The lowest BCUT2D eigenvalue weighted by molar-refractivity contribution is -0.168. The summed E-state index contributed by atoms with van der Waals surface area (Å²) in [6, 6.07) is 0. The van der Waals surface area contributed by atoms with Gasteiger partial charge in [0.05, 0.1) is 11.5 Å². The lowest BCUT2D eigenvalue weighted by Gasteiger charge is -2.45. The molecule has 3 rings (SSSR count). The predicted octanol–water partition coefficient (Wildman–Crippen LogP) is 3.85. The number of ketones is 1. The molecule has 0 saturated heterocycles. The van der Waals surface area contributed by atoms with E-state index < -0.39 is 17.3 Å². The second kappa shape index (κ2) is 7.08. The highest BCUT2D eigenvalue weighted by atomic mass is 16.6. The summed E-state index contributed by atoms with van der Waals surface area (Å²) >= 11 is 0. The van der Waals surface area contributed by atoms with Crippen molar-refractivity contribution in [3.05, 3.63) is 23.0 Å². The minimum Gasteiger partial charge on any atom is -0.487 e. The Morgan fingerprint density at radius 2 is 2.00 bits per heavy atom. The van der Waals surface area contributed by atoms with Crippen LogP contribution in [-0.4, -0.2) is 34.2 Å². The van der Waals surface area contributed by atoms with Gasteiger partial charge >= 0.3 is 5.97 Å². The molecule has 27 heavy (non-hydrogen) atoms. The first-order valence-corrected chi connectivity index (χ1v) is 10.1. The fourth-order valence-corrected chi connectivity index (χ4v) is 4.75. The molecule has 0 aromatic rings. The molecule has 5 nitrogen and oxygen atoms in total. The Labute approximate surface area is 161 Å². The lowest BCUT2D eigenvalue weighted by Crippen LogP contribution is -2.49. The van der Waals surface area contributed by atoms with Gasteiger partial charge in [-0.15, -0.1) is 0 Å². The number of carbonyl (C=O) groups is 2. The van der Waals surface area contributed by atoms with Crippen LogP contribution in [0.25, 0.3) is 0 Å². The molecular weight excluding hydrogens is 344 g/mol. The maximum atomic E-state index is 12.9. The molecular formula is C22H32O5. The summed E-state index contributed by atoms with van der Waals surface area (Å²) < 4.78 is 12.2. The normalized spacial score (nSPS) is 38.8. The maximum Gasteiger partial charge on any atom is 0.303 e. The largest absolute Gasteiger partial charge is 0.487 e. The van der Waals surface area contributed by atoms with Crippen LogP contribution in [0.15, 0.2) is 23.0 Å². The lowest BCUT2D eigenvalue weighted by atomic mass is 9.68. The van der Waals surface area contributed by atoms with Crippen molar-refractivity contribution in [2.45, 2.75) is 90.4 Å². The van der Waals surface area contributed by atoms with Gasteiger partial charge in [-0.1, -0.05) is 25.5 Å². The second-order valence-electron chi connectivity index (χ2n) is 8.95. The highest BCUT2D eigenvalue weighted by Crippen LogP contribution is 2.49. The van der Waals surface area contributed by atoms with Gasteiger partial charge in [-0.25, -0.2) is 0 Å². The zero-order valence-electron chi connectivity index (χ0n) is 17.1. The summed E-state index contributed by atoms with van der Waals surface area (Å²) in [6.45, 7) is 9.41. The summed E-state index contributed by atoms with van der Waals surface area (Å²) in [4.78, 5) is 24.6. The van der Waals surface area contributed by atoms with Crippen LogP contribution in [0.1, 0.15) is 73.1 Å². The van der Waals surface area contributed by atoms with Crippen molar-refractivity contribution in [3.8, 4) is 0 Å². The van der Waals surface area contributed by atoms with Gasteiger partial charge in [0, 0.05) is 18.9 Å². The summed E-state index contributed by atoms with van der Waals surface area (Å²) in [6.07, 6.45) is 5.01. The summed E-state index contributed by atoms with van der Waals surface area (Å²) in [5, 5.41) is 11.5. The number of ether oxygens (including phenoxy) is 2. The van der Waals surface area contributed by atoms with Crippen LogP contribution in [0.2, 0.25) is 0 Å². The van der Waals surface area contributed by atoms with Crippen molar-refractivity contribution < 1.29 is 24.2 Å². The number of Topliss-reactive ketones (excluding diaryl/α,β-unsaturated/α-hetero) is 1. The molecule has 2 aliphatic heterocycles. The third kappa shape index (κ3) is 3.58. The topological polar surface area (TPSA) is 72.8 Å². The predicted molar refractivity (Wildman–Crippen MR) is 102 cm³/mol. The Morgan fingerprint density at radius 3 is 2.63 bits per heavy atom. The number of allylic oxidation sites excluding steroid dienone is 2. The number of hydrogen-bond donors (Lipinski definition) is 1. The Hall–Kier alpha value is -1.62. The first-order valence-electron chi connectivity index (χ1n) is 10.1. The van der Waals surface area contributed by atoms with Gasteiger partial charge in [-0.3, -0.25) is 9.59 Å². The molecule has 0 aromatic carbocycles. The van der Waals surface area contributed by atoms with Gasteiger partial charge in [-0.05, 0) is 51.9 Å². The van der Waals surface area contributed by atoms with Crippen molar-refractivity contribution in [1.82, 2.24) is 0 Å². The molecule has 0 unspecified atom stereocenters. The number of esters is 1. The first-order chi connectivity index (χ1) is 12.6. The fraction of sp³-hybridized carbons (Fsp3) is 0.727. The molecule has 150 valence electrons. The highest BCUT2D eigenvalue weighted by molar-refractivity contribution is 5.96. The molecule has 0 fully saturated rings. The van der Waals surface area contributed by atoms with Crippen LogP contribution in [-0.2, 0) is 19.1 Å². The van der Waals surface area contributed by atoms with E-state index in [2.05, 4.69) is 6.08 Å². The Kier molecular flexibility index (Phi) is 5.28. The number of aliphatic hydroxyl groups is 1. The SMILES string of the molecule is CC(=O)O[C@@H]1CC/C(C)=C\[C@H]2C3=C(CC[C@@]2(O)C(C)C)C(=O)CC[C@]1(C)O3. The molecule has 2 heterocycles. The standard InChI is InChI=1S/C22H32O5/c1-13(2)22(25)11-8-16-18(24)9-10-21(5)19(26-15(4)23)7-6-14(3)12-17(22)20(16)27-21/h12-13,17,19,25H,6-11H2,1-5H3/b14-12-/t17-,19+,21-,22+/m0/s1. The van der Waals surface area contributed by atoms with Crippen molar-refractivity contribution in [1.29, 1.82) is 0 Å². The molecule has 3 aliphatic rings. The van der Waals surface area contributed by atoms with E-state index >= 15 is 0 Å². The first kappa shape index (κ1) is 20.1. The van der Waals surface area contributed by atoms with E-state index in [0.717, 1.165) is 12.0 Å². The van der Waals surface area contributed by atoms with Crippen LogP contribution in [0.4, 0.5) is 0 Å². The number of rotatable bonds is 2. The van der Waals surface area contributed by atoms with Gasteiger partial charge in [0.25, 0.3) is 0 Å². The molecule has 0 aromatic heterocycles. The quantitative estimate of drug-likeness (QED) is 0.585. The van der Waals surface area contributed by atoms with Crippen LogP contribution in [0.5, 0.6) is 0 Å². The third-order valence-electron chi connectivity index (χ3n) is 6.66. The van der Waals surface area contributed by atoms with Crippen LogP contribution in [0.3, 0.4) is 0 Å². The van der Waals surface area contributed by atoms with Crippen LogP contribution < -0.4 is 0 Å². The van der Waals surface area contributed by atoms with E-state index in [1.54, 1.807) is 0 Å². The van der Waals surface area contributed by atoms with E-state index in [4.69, 9.17) is 9.47 Å². The zero-order valence-corrected chi connectivity index (χ0v) is 17.1. The van der Waals surface area contributed by atoms with E-state index in [1.165, 1.54) is 6.92 Å². The van der Waals surface area contributed by atoms with Gasteiger partial charge < -0.3 is 14.6 Å². The second-order valence-corrected chi connectivity index (χ2v) is 8.95. The molecule has 2 bridgehead atoms. The van der Waals surface area contributed by atoms with Gasteiger partial charge in [0.2, 0.25) is 0 Å². The molecule has 5 heteroatoms. The van der Waals surface area contributed by atoms with Crippen molar-refractivity contribution in [2.24, 2.45) is 11.8 Å². The molecule has 0 saturated carbocycles. The van der Waals surface area contributed by atoms with Gasteiger partial charge in [0.1, 0.15) is 17.5 Å². The monoisotopic (exact) mass is 376 g/mol. The number of fused-ring (bicyclic) bond motifs is 1. The highest BCUT2D eigenvalue weighted by Gasteiger charge is 2.51. The number of carbonyl (C=O) groups excluding carboxylic acids is 2. The Morgan fingerprint density at radius 1 is 1.30 bits per heavy atom. The van der Waals surface area contributed by atoms with E-state index in [0.29, 0.717) is 43.4 Å². The van der Waals surface area contributed by atoms with Crippen molar-refractivity contribution >= 4 is 11.8 Å². The zero-order chi connectivity index (χ0) is 20.0.